The van der Waals surface area contributed by atoms with Crippen molar-refractivity contribution in [1.29, 1.82) is 0 Å². The first kappa shape index (κ1) is 19.4. The van der Waals surface area contributed by atoms with Crippen molar-refractivity contribution in [3.8, 4) is 0 Å². The molecule has 4 rings (SSSR count). The molecule has 2 aromatic rings. The van der Waals surface area contributed by atoms with Crippen molar-refractivity contribution in [3.63, 3.8) is 0 Å². The highest BCUT2D eigenvalue weighted by atomic mass is 16.5. The second kappa shape index (κ2) is 8.62. The molecule has 0 spiro atoms. The van der Waals surface area contributed by atoms with Crippen LogP contribution >= 0.6 is 0 Å². The van der Waals surface area contributed by atoms with E-state index in [9.17, 15) is 4.79 Å². The third kappa shape index (κ3) is 4.08. The van der Waals surface area contributed by atoms with Crippen LogP contribution in [0.5, 0.6) is 0 Å². The van der Waals surface area contributed by atoms with Crippen molar-refractivity contribution in [2.45, 2.75) is 58.1 Å². The highest BCUT2D eigenvalue weighted by molar-refractivity contribution is 5.80. The molecule has 0 bridgehead atoms. The lowest BCUT2D eigenvalue weighted by Gasteiger charge is -2.34. The van der Waals surface area contributed by atoms with Crippen LogP contribution in [0.1, 0.15) is 56.7 Å². The number of ether oxygens (including phenoxy) is 1. The number of carbonyl (C=O) groups excluding carboxylic acids is 1. The standard InChI is InChI=1S/C22H32N4O2/c1-3-28-18-8-12-25(13-9-18)15-19-21(24-20-7-4-10-23-22(19)20)17-6-5-11-26(14-17)16(2)27/h4,7,10,17-18,24H,3,5-6,8-9,11-15H2,1-2H3. The van der Waals surface area contributed by atoms with E-state index in [4.69, 9.17) is 9.72 Å². The zero-order valence-corrected chi connectivity index (χ0v) is 17.1. The summed E-state index contributed by atoms with van der Waals surface area (Å²) in [6.45, 7) is 9.29. The van der Waals surface area contributed by atoms with Crippen LogP contribution in [0.15, 0.2) is 18.3 Å². The Hall–Kier alpha value is -1.92. The smallest absolute Gasteiger partial charge is 0.219 e. The molecule has 1 N–H and O–H groups in total. The van der Waals surface area contributed by atoms with Crippen molar-refractivity contribution in [2.24, 2.45) is 0 Å². The lowest BCUT2D eigenvalue weighted by atomic mass is 9.92. The Morgan fingerprint density at radius 1 is 1.29 bits per heavy atom. The molecule has 0 radical (unpaired) electrons. The number of hydrogen-bond acceptors (Lipinski definition) is 4. The number of pyridine rings is 1. The van der Waals surface area contributed by atoms with Gasteiger partial charge in [-0.15, -0.1) is 0 Å². The second-order valence-corrected chi connectivity index (χ2v) is 8.15. The molecule has 0 saturated carbocycles. The fourth-order valence-electron chi connectivity index (χ4n) is 4.80. The molecule has 2 aliphatic rings. The van der Waals surface area contributed by atoms with Crippen LogP contribution in [-0.4, -0.2) is 64.6 Å². The molecule has 1 atom stereocenters. The summed E-state index contributed by atoms with van der Waals surface area (Å²) >= 11 is 0. The molecule has 28 heavy (non-hydrogen) atoms. The number of aromatic amines is 1. The molecular weight excluding hydrogens is 352 g/mol. The van der Waals surface area contributed by atoms with Crippen LogP contribution in [0.2, 0.25) is 0 Å². The van der Waals surface area contributed by atoms with Gasteiger partial charge in [0, 0.05) is 69.6 Å². The number of amides is 1. The minimum Gasteiger partial charge on any atom is -0.378 e. The van der Waals surface area contributed by atoms with Gasteiger partial charge < -0.3 is 14.6 Å². The largest absolute Gasteiger partial charge is 0.378 e. The first-order valence-corrected chi connectivity index (χ1v) is 10.7. The van der Waals surface area contributed by atoms with Crippen LogP contribution in [0.4, 0.5) is 0 Å². The molecule has 152 valence electrons. The number of fused-ring (bicyclic) bond motifs is 1. The second-order valence-electron chi connectivity index (χ2n) is 8.15. The van der Waals surface area contributed by atoms with E-state index in [2.05, 4.69) is 22.9 Å². The van der Waals surface area contributed by atoms with Crippen molar-refractivity contribution in [2.75, 3.05) is 32.8 Å². The molecule has 6 heteroatoms. The molecule has 2 aliphatic heterocycles. The number of hydrogen-bond donors (Lipinski definition) is 1. The number of H-pyrrole nitrogens is 1. The number of nitrogens with zero attached hydrogens (tertiary/aromatic N) is 3. The van der Waals surface area contributed by atoms with Gasteiger partial charge >= 0.3 is 0 Å². The Morgan fingerprint density at radius 3 is 2.86 bits per heavy atom. The number of rotatable bonds is 5. The normalized spacial score (nSPS) is 22.1. The van der Waals surface area contributed by atoms with E-state index in [1.165, 1.54) is 11.3 Å². The minimum absolute atomic E-state index is 0.179. The van der Waals surface area contributed by atoms with Crippen molar-refractivity contribution in [1.82, 2.24) is 19.8 Å². The Morgan fingerprint density at radius 2 is 2.11 bits per heavy atom. The van der Waals surface area contributed by atoms with E-state index in [0.29, 0.717) is 12.0 Å². The van der Waals surface area contributed by atoms with E-state index in [0.717, 1.165) is 76.0 Å². The molecule has 2 aromatic heterocycles. The van der Waals surface area contributed by atoms with Crippen LogP contribution in [-0.2, 0) is 16.1 Å². The summed E-state index contributed by atoms with van der Waals surface area (Å²) in [6, 6.07) is 4.10. The van der Waals surface area contributed by atoms with E-state index < -0.39 is 0 Å². The summed E-state index contributed by atoms with van der Waals surface area (Å²) < 4.78 is 5.81. The number of likely N-dealkylation sites (tertiary alicyclic amines) is 2. The van der Waals surface area contributed by atoms with Crippen molar-refractivity contribution >= 4 is 16.9 Å². The van der Waals surface area contributed by atoms with Crippen LogP contribution in [0.3, 0.4) is 0 Å². The van der Waals surface area contributed by atoms with Gasteiger partial charge in [0.1, 0.15) is 0 Å². The third-order valence-electron chi connectivity index (χ3n) is 6.28. The summed E-state index contributed by atoms with van der Waals surface area (Å²) in [5.41, 5.74) is 4.80. The summed E-state index contributed by atoms with van der Waals surface area (Å²) in [5.74, 6) is 0.543. The van der Waals surface area contributed by atoms with Crippen LogP contribution in [0.25, 0.3) is 11.0 Å². The zero-order chi connectivity index (χ0) is 19.5. The highest BCUT2D eigenvalue weighted by Crippen LogP contribution is 2.33. The average Bonchev–Trinajstić information content (AvgIpc) is 3.08. The van der Waals surface area contributed by atoms with Gasteiger partial charge in [0.25, 0.3) is 0 Å². The molecule has 0 aliphatic carbocycles. The fourth-order valence-corrected chi connectivity index (χ4v) is 4.80. The monoisotopic (exact) mass is 384 g/mol. The van der Waals surface area contributed by atoms with Crippen LogP contribution in [0, 0.1) is 0 Å². The SMILES string of the molecule is CCOC1CCN(Cc2c(C3CCCN(C(C)=O)C3)[nH]c3cccnc23)CC1. The topological polar surface area (TPSA) is 61.5 Å². The molecule has 4 heterocycles. The number of aromatic nitrogens is 2. The molecule has 1 amide bonds. The quantitative estimate of drug-likeness (QED) is 0.859. The highest BCUT2D eigenvalue weighted by Gasteiger charge is 2.29. The van der Waals surface area contributed by atoms with Crippen LogP contribution < -0.4 is 0 Å². The van der Waals surface area contributed by atoms with Gasteiger partial charge in [-0.1, -0.05) is 0 Å². The van der Waals surface area contributed by atoms with Gasteiger partial charge in [-0.2, -0.15) is 0 Å². The third-order valence-corrected chi connectivity index (χ3v) is 6.28. The lowest BCUT2D eigenvalue weighted by Crippen LogP contribution is -2.39. The lowest BCUT2D eigenvalue weighted by molar-refractivity contribution is -0.130. The van der Waals surface area contributed by atoms with E-state index in [1.54, 1.807) is 6.92 Å². The predicted molar refractivity (Wildman–Crippen MR) is 110 cm³/mol. The number of piperidine rings is 2. The summed E-state index contributed by atoms with van der Waals surface area (Å²) in [6.07, 6.45) is 6.67. The minimum atomic E-state index is 0.179. The van der Waals surface area contributed by atoms with E-state index >= 15 is 0 Å². The molecule has 2 saturated heterocycles. The van der Waals surface area contributed by atoms with Gasteiger partial charge in [-0.05, 0) is 44.7 Å². The summed E-state index contributed by atoms with van der Waals surface area (Å²) in [5, 5.41) is 0. The average molecular weight is 385 g/mol. The summed E-state index contributed by atoms with van der Waals surface area (Å²) in [4.78, 5) is 24.8. The maximum atomic E-state index is 11.9. The first-order chi connectivity index (χ1) is 13.7. The number of carbonyl (C=O) groups is 1. The number of nitrogens with one attached hydrogen (secondary N) is 1. The molecule has 1 unspecified atom stereocenters. The van der Waals surface area contributed by atoms with Gasteiger partial charge in [0.15, 0.2) is 0 Å². The van der Waals surface area contributed by atoms with Gasteiger partial charge in [0.2, 0.25) is 5.91 Å². The van der Waals surface area contributed by atoms with Crippen molar-refractivity contribution in [3.05, 3.63) is 29.6 Å². The Bertz CT molecular complexity index is 810. The Kier molecular flexibility index (Phi) is 5.97. The Balaban J connectivity index is 1.57. The maximum Gasteiger partial charge on any atom is 0.219 e. The maximum absolute atomic E-state index is 11.9. The van der Waals surface area contributed by atoms with E-state index in [-0.39, 0.29) is 5.91 Å². The molecular formula is C22H32N4O2. The fraction of sp³-hybridized carbons (Fsp3) is 0.636. The van der Waals surface area contributed by atoms with Gasteiger partial charge in [0.05, 0.1) is 17.1 Å². The predicted octanol–water partition coefficient (Wildman–Crippen LogP) is 3.29. The van der Waals surface area contributed by atoms with Gasteiger partial charge in [-0.3, -0.25) is 14.7 Å². The zero-order valence-electron chi connectivity index (χ0n) is 17.1. The summed E-state index contributed by atoms with van der Waals surface area (Å²) in [7, 11) is 0. The molecule has 0 aromatic carbocycles. The Labute approximate surface area is 167 Å². The van der Waals surface area contributed by atoms with Gasteiger partial charge in [-0.25, -0.2) is 0 Å². The first-order valence-electron chi connectivity index (χ1n) is 10.7. The molecule has 6 nitrogen and oxygen atoms in total. The van der Waals surface area contributed by atoms with Crippen molar-refractivity contribution < 1.29 is 9.53 Å². The van der Waals surface area contributed by atoms with E-state index in [1.807, 2.05) is 17.2 Å². The molecule has 2 fully saturated rings.